The van der Waals surface area contributed by atoms with Crippen LogP contribution in [0.15, 0.2) is 10.5 Å². The molecule has 1 heterocycles. The lowest BCUT2D eigenvalue weighted by atomic mass is 10.0. The van der Waals surface area contributed by atoms with Gasteiger partial charge >= 0.3 is 5.97 Å². The van der Waals surface area contributed by atoms with Crippen molar-refractivity contribution in [3.63, 3.8) is 0 Å². The zero-order valence-electron chi connectivity index (χ0n) is 10.4. The molecule has 1 aromatic heterocycles. The average molecular weight is 237 g/mol. The smallest absolute Gasteiger partial charge is 0.371 e. The molecule has 1 aliphatic carbocycles. The first-order chi connectivity index (χ1) is 8.06. The number of hydrogen-bond acceptors (Lipinski definition) is 3. The maximum Gasteiger partial charge on any atom is 0.371 e. The Morgan fingerprint density at radius 1 is 1.59 bits per heavy atom. The van der Waals surface area contributed by atoms with Crippen molar-refractivity contribution in [1.82, 2.24) is 5.32 Å². The van der Waals surface area contributed by atoms with Gasteiger partial charge in [0.2, 0.25) is 5.76 Å². The Hall–Kier alpha value is -1.29. The first-order valence-corrected chi connectivity index (χ1v) is 6.10. The first-order valence-electron chi connectivity index (χ1n) is 6.10. The van der Waals surface area contributed by atoms with Crippen molar-refractivity contribution in [3.8, 4) is 0 Å². The van der Waals surface area contributed by atoms with Gasteiger partial charge in [-0.25, -0.2) is 4.79 Å². The summed E-state index contributed by atoms with van der Waals surface area (Å²) in [7, 11) is 0. The average Bonchev–Trinajstić information content (AvgIpc) is 2.97. The number of rotatable bonds is 6. The molecule has 0 radical (unpaired) electrons. The van der Waals surface area contributed by atoms with Crippen LogP contribution < -0.4 is 5.32 Å². The Morgan fingerprint density at radius 3 is 2.76 bits per heavy atom. The van der Waals surface area contributed by atoms with Crippen LogP contribution >= 0.6 is 0 Å². The van der Waals surface area contributed by atoms with E-state index in [1.807, 2.05) is 0 Å². The topological polar surface area (TPSA) is 62.5 Å². The van der Waals surface area contributed by atoms with E-state index in [1.54, 1.807) is 13.0 Å². The van der Waals surface area contributed by atoms with Gasteiger partial charge in [-0.05, 0) is 37.7 Å². The van der Waals surface area contributed by atoms with Gasteiger partial charge in [-0.15, -0.1) is 0 Å². The lowest BCUT2D eigenvalue weighted by Gasteiger charge is -2.12. The summed E-state index contributed by atoms with van der Waals surface area (Å²) in [5.41, 5.74) is 1.45. The van der Waals surface area contributed by atoms with E-state index >= 15 is 0 Å². The molecule has 0 amide bonds. The maximum absolute atomic E-state index is 10.7. The van der Waals surface area contributed by atoms with E-state index in [-0.39, 0.29) is 5.76 Å². The Bertz CT molecular complexity index is 418. The SMILES string of the molecule is CCC1(CNCc2cc(C(=O)O)oc2C)CC1. The van der Waals surface area contributed by atoms with Crippen molar-refractivity contribution in [3.05, 3.63) is 23.2 Å². The number of aryl methyl sites for hydroxylation is 1. The highest BCUT2D eigenvalue weighted by atomic mass is 16.4. The summed E-state index contributed by atoms with van der Waals surface area (Å²) in [6.07, 6.45) is 3.83. The van der Waals surface area contributed by atoms with Gasteiger partial charge in [0.25, 0.3) is 0 Å². The fourth-order valence-electron chi connectivity index (χ4n) is 2.10. The molecule has 1 aromatic rings. The zero-order chi connectivity index (χ0) is 12.5. The Labute approximate surface area is 101 Å². The summed E-state index contributed by atoms with van der Waals surface area (Å²) < 4.78 is 5.16. The summed E-state index contributed by atoms with van der Waals surface area (Å²) in [6, 6.07) is 1.61. The third-order valence-corrected chi connectivity index (χ3v) is 3.75. The van der Waals surface area contributed by atoms with Gasteiger partial charge in [-0.2, -0.15) is 0 Å². The minimum absolute atomic E-state index is 0.0240. The minimum Gasteiger partial charge on any atom is -0.475 e. The zero-order valence-corrected chi connectivity index (χ0v) is 10.4. The molecule has 0 aliphatic heterocycles. The fraction of sp³-hybridized carbons (Fsp3) is 0.615. The Morgan fingerprint density at radius 2 is 2.29 bits per heavy atom. The van der Waals surface area contributed by atoms with E-state index in [1.165, 1.54) is 19.3 Å². The molecular formula is C13H19NO3. The molecule has 4 nitrogen and oxygen atoms in total. The van der Waals surface area contributed by atoms with Gasteiger partial charge in [0.1, 0.15) is 5.76 Å². The van der Waals surface area contributed by atoms with Crippen LogP contribution in [0.2, 0.25) is 0 Å². The number of hydrogen-bond donors (Lipinski definition) is 2. The first kappa shape index (κ1) is 12.2. The van der Waals surface area contributed by atoms with Crippen LogP contribution in [0.5, 0.6) is 0 Å². The molecule has 0 unspecified atom stereocenters. The second-order valence-corrected chi connectivity index (χ2v) is 4.95. The van der Waals surface area contributed by atoms with E-state index < -0.39 is 5.97 Å². The van der Waals surface area contributed by atoms with Crippen LogP contribution in [-0.4, -0.2) is 17.6 Å². The standard InChI is InChI=1S/C13H19NO3/c1-3-13(4-5-13)8-14-7-10-6-11(12(15)16)17-9(10)2/h6,14H,3-5,7-8H2,1-2H3,(H,15,16). The van der Waals surface area contributed by atoms with E-state index in [0.717, 1.165) is 12.1 Å². The van der Waals surface area contributed by atoms with Crippen LogP contribution in [0.3, 0.4) is 0 Å². The molecule has 0 spiro atoms. The highest BCUT2D eigenvalue weighted by molar-refractivity contribution is 5.84. The number of carboxylic acids is 1. The highest BCUT2D eigenvalue weighted by Gasteiger charge is 2.39. The van der Waals surface area contributed by atoms with Crippen LogP contribution in [0.25, 0.3) is 0 Å². The lowest BCUT2D eigenvalue weighted by Crippen LogP contribution is -2.23. The van der Waals surface area contributed by atoms with Crippen LogP contribution in [-0.2, 0) is 6.54 Å². The van der Waals surface area contributed by atoms with E-state index in [2.05, 4.69) is 12.2 Å². The second-order valence-electron chi connectivity index (χ2n) is 4.95. The van der Waals surface area contributed by atoms with Gasteiger partial charge < -0.3 is 14.8 Å². The van der Waals surface area contributed by atoms with Crippen LogP contribution in [0.1, 0.15) is 48.1 Å². The van der Waals surface area contributed by atoms with Crippen molar-refractivity contribution in [2.24, 2.45) is 5.41 Å². The highest BCUT2D eigenvalue weighted by Crippen LogP contribution is 2.47. The fourth-order valence-corrected chi connectivity index (χ4v) is 2.10. The number of nitrogens with one attached hydrogen (secondary N) is 1. The Balaban J connectivity index is 1.88. The molecule has 0 saturated heterocycles. The number of carboxylic acid groups (broad SMARTS) is 1. The molecule has 1 aliphatic rings. The quantitative estimate of drug-likeness (QED) is 0.798. The number of aromatic carboxylic acids is 1. The van der Waals surface area contributed by atoms with Crippen molar-refractivity contribution in [1.29, 1.82) is 0 Å². The summed E-state index contributed by atoms with van der Waals surface area (Å²) >= 11 is 0. The molecule has 17 heavy (non-hydrogen) atoms. The number of furan rings is 1. The normalized spacial score (nSPS) is 17.1. The minimum atomic E-state index is -1.01. The summed E-state index contributed by atoms with van der Waals surface area (Å²) in [6.45, 7) is 5.72. The van der Waals surface area contributed by atoms with E-state index in [9.17, 15) is 4.79 Å². The molecular weight excluding hydrogens is 218 g/mol. The summed E-state index contributed by atoms with van der Waals surface area (Å²) in [4.78, 5) is 10.7. The monoisotopic (exact) mass is 237 g/mol. The van der Waals surface area contributed by atoms with Crippen molar-refractivity contribution >= 4 is 5.97 Å². The van der Waals surface area contributed by atoms with Crippen molar-refractivity contribution < 1.29 is 14.3 Å². The van der Waals surface area contributed by atoms with Crippen molar-refractivity contribution in [2.75, 3.05) is 6.54 Å². The molecule has 94 valence electrons. The second kappa shape index (κ2) is 4.53. The van der Waals surface area contributed by atoms with Crippen LogP contribution in [0, 0.1) is 12.3 Å². The third kappa shape index (κ3) is 2.69. The molecule has 0 aromatic carbocycles. The maximum atomic E-state index is 10.7. The predicted molar refractivity (Wildman–Crippen MR) is 64.1 cm³/mol. The molecule has 2 N–H and O–H groups in total. The molecule has 4 heteroatoms. The molecule has 1 saturated carbocycles. The van der Waals surface area contributed by atoms with Gasteiger partial charge in [0.05, 0.1) is 0 Å². The van der Waals surface area contributed by atoms with Gasteiger partial charge in [-0.3, -0.25) is 0 Å². The third-order valence-electron chi connectivity index (χ3n) is 3.75. The number of carbonyl (C=O) groups is 1. The molecule has 2 rings (SSSR count). The van der Waals surface area contributed by atoms with E-state index in [4.69, 9.17) is 9.52 Å². The Kier molecular flexibility index (Phi) is 3.24. The van der Waals surface area contributed by atoms with Crippen LogP contribution in [0.4, 0.5) is 0 Å². The molecule has 1 fully saturated rings. The molecule has 0 bridgehead atoms. The van der Waals surface area contributed by atoms with Gasteiger partial charge in [0, 0.05) is 18.7 Å². The summed E-state index contributed by atoms with van der Waals surface area (Å²) in [5.74, 6) is -0.293. The van der Waals surface area contributed by atoms with Gasteiger partial charge in [0.15, 0.2) is 0 Å². The van der Waals surface area contributed by atoms with Crippen molar-refractivity contribution in [2.45, 2.75) is 39.7 Å². The predicted octanol–water partition coefficient (Wildman–Crippen LogP) is 2.57. The van der Waals surface area contributed by atoms with Gasteiger partial charge in [-0.1, -0.05) is 6.92 Å². The molecule has 0 atom stereocenters. The largest absolute Gasteiger partial charge is 0.475 e. The summed E-state index contributed by atoms with van der Waals surface area (Å²) in [5, 5.41) is 12.2. The lowest BCUT2D eigenvalue weighted by molar-refractivity contribution is 0.0661. The van der Waals surface area contributed by atoms with E-state index in [0.29, 0.717) is 17.7 Å².